The van der Waals surface area contributed by atoms with Gasteiger partial charge in [0.25, 0.3) is 5.89 Å². The molecule has 1 aromatic carbocycles. The van der Waals surface area contributed by atoms with E-state index < -0.39 is 0 Å². The van der Waals surface area contributed by atoms with E-state index in [1.807, 2.05) is 45.2 Å². The molecule has 1 saturated heterocycles. The van der Waals surface area contributed by atoms with Gasteiger partial charge in [-0.2, -0.15) is 0 Å². The summed E-state index contributed by atoms with van der Waals surface area (Å²) in [5.41, 5.74) is 3.33. The third-order valence-corrected chi connectivity index (χ3v) is 6.56. The lowest BCUT2D eigenvalue weighted by Crippen LogP contribution is -2.57. The number of carbonyl (C=O) groups is 1. The molecule has 1 aliphatic heterocycles. The van der Waals surface area contributed by atoms with Gasteiger partial charge in [-0.15, -0.1) is 10.2 Å². The van der Waals surface area contributed by atoms with Crippen molar-refractivity contribution < 1.29 is 10.6 Å². The summed E-state index contributed by atoms with van der Waals surface area (Å²) in [7, 11) is 1.92. The number of rotatable bonds is 6. The lowest BCUT2D eigenvalue weighted by molar-refractivity contribution is -0.134. The molecule has 1 spiro atoms. The van der Waals surface area contributed by atoms with Crippen molar-refractivity contribution in [2.75, 3.05) is 31.6 Å². The molecule has 1 N–H and O–H groups in total. The van der Waals surface area contributed by atoms with Crippen LogP contribution in [0.15, 0.2) is 34.9 Å². The first-order valence-electron chi connectivity index (χ1n) is 11.5. The Bertz CT molecular complexity index is 1160. The van der Waals surface area contributed by atoms with Gasteiger partial charge in [-0.25, -0.2) is 4.98 Å². The van der Waals surface area contributed by atoms with Crippen LogP contribution in [0.3, 0.4) is 0 Å². The molecule has 33 heavy (non-hydrogen) atoms. The van der Waals surface area contributed by atoms with Crippen molar-refractivity contribution in [2.45, 2.75) is 45.2 Å². The topological polar surface area (TPSA) is 100 Å². The summed E-state index contributed by atoms with van der Waals surface area (Å²) < 4.78 is 5.98. The van der Waals surface area contributed by atoms with Gasteiger partial charge in [0.1, 0.15) is 5.82 Å². The Morgan fingerprint density at radius 1 is 1.18 bits per heavy atom. The second-order valence-electron chi connectivity index (χ2n) is 8.85. The summed E-state index contributed by atoms with van der Waals surface area (Å²) in [6, 6.07) is 8.03. The number of hydrogen-bond acceptors (Lipinski definition) is 8. The van der Waals surface area contributed by atoms with E-state index in [0.29, 0.717) is 30.4 Å². The molecule has 3 heterocycles. The molecule has 5 rings (SSSR count). The predicted octanol–water partition coefficient (Wildman–Crippen LogP) is 3.06. The molecule has 2 aromatic heterocycles. The fourth-order valence-electron chi connectivity index (χ4n) is 4.53. The van der Waals surface area contributed by atoms with Crippen LogP contribution in [-0.4, -0.2) is 63.2 Å². The smallest absolute Gasteiger partial charge is 0.268 e. The number of aryl methyl sites for hydroxylation is 1. The first-order chi connectivity index (χ1) is 16.0. The lowest BCUT2D eigenvalue weighted by atomic mass is 10.1. The molecule has 1 amide bonds. The summed E-state index contributed by atoms with van der Waals surface area (Å²) in [6.07, 6.45) is 4.43. The Morgan fingerprint density at radius 2 is 1.94 bits per heavy atom. The van der Waals surface area contributed by atoms with Crippen LogP contribution in [0.5, 0.6) is 0 Å². The first kappa shape index (κ1) is 21.5. The molecule has 3 aromatic rings. The summed E-state index contributed by atoms with van der Waals surface area (Å²) in [5.74, 6) is 1.83. The highest BCUT2D eigenvalue weighted by atomic mass is 16.4. The number of carbonyl (C=O) groups excluding carboxylic acids is 1. The van der Waals surface area contributed by atoms with Crippen LogP contribution in [0.1, 0.15) is 38.9 Å². The van der Waals surface area contributed by atoms with Gasteiger partial charge in [-0.3, -0.25) is 9.78 Å². The normalized spacial score (nSPS) is 16.9. The Labute approximate surface area is 194 Å². The molecule has 0 bridgehead atoms. The van der Waals surface area contributed by atoms with E-state index >= 15 is 0 Å². The lowest BCUT2D eigenvalue weighted by Gasteiger charge is -2.42. The van der Waals surface area contributed by atoms with Crippen molar-refractivity contribution in [2.24, 2.45) is 0 Å². The second kappa shape index (κ2) is 8.55. The number of hydrogen-bond donors (Lipinski definition) is 1. The maximum absolute atomic E-state index is 12.4. The van der Waals surface area contributed by atoms with Crippen molar-refractivity contribution in [3.63, 3.8) is 0 Å². The number of benzene rings is 1. The van der Waals surface area contributed by atoms with Gasteiger partial charge in [0.2, 0.25) is 11.8 Å². The molecule has 2 aliphatic rings. The third-order valence-electron chi connectivity index (χ3n) is 6.56. The summed E-state index contributed by atoms with van der Waals surface area (Å²) in [6.45, 7) is 6.86. The van der Waals surface area contributed by atoms with Crippen molar-refractivity contribution in [3.8, 4) is 23.0 Å². The summed E-state index contributed by atoms with van der Waals surface area (Å²) in [4.78, 5) is 26.1. The highest BCUT2D eigenvalue weighted by Crippen LogP contribution is 2.45. The van der Waals surface area contributed by atoms with Crippen molar-refractivity contribution in [3.05, 3.63) is 41.7 Å². The van der Waals surface area contributed by atoms with E-state index in [1.54, 1.807) is 6.20 Å². The van der Waals surface area contributed by atoms with Gasteiger partial charge in [-0.05, 0) is 44.5 Å². The van der Waals surface area contributed by atoms with E-state index in [-0.39, 0.29) is 12.9 Å². The van der Waals surface area contributed by atoms with E-state index in [9.17, 15) is 4.79 Å². The van der Waals surface area contributed by atoms with Gasteiger partial charge in [-0.1, -0.05) is 19.1 Å². The molecule has 9 heteroatoms. The van der Waals surface area contributed by atoms with Gasteiger partial charge in [0, 0.05) is 39.6 Å². The zero-order valence-electron chi connectivity index (χ0n) is 19.3. The largest absolute Gasteiger partial charge is 0.415 e. The summed E-state index contributed by atoms with van der Waals surface area (Å²) in [5, 5.41) is 11.6. The average molecular weight is 450 g/mol. The Balaban J connectivity index is 0.00000274. The minimum absolute atomic E-state index is 0. The molecule has 174 valence electrons. The monoisotopic (exact) mass is 449 g/mol. The molecule has 1 aliphatic carbocycles. The van der Waals surface area contributed by atoms with Crippen molar-refractivity contribution >= 4 is 11.7 Å². The Morgan fingerprint density at radius 3 is 2.64 bits per heavy atom. The van der Waals surface area contributed by atoms with Crippen LogP contribution >= 0.6 is 0 Å². The maximum atomic E-state index is 12.4. The number of anilines is 1. The number of nitrogens with zero attached hydrogens (tertiary/aromatic N) is 6. The van der Waals surface area contributed by atoms with Crippen LogP contribution in [0.4, 0.5) is 5.82 Å². The molecular formula is C24H31N7O2. The van der Waals surface area contributed by atoms with E-state index in [0.717, 1.165) is 49.6 Å². The highest BCUT2D eigenvalue weighted by Gasteiger charge is 2.53. The number of aromatic nitrogens is 4. The first-order valence-corrected chi connectivity index (χ1v) is 11.5. The summed E-state index contributed by atoms with van der Waals surface area (Å²) >= 11 is 0. The highest BCUT2D eigenvalue weighted by molar-refractivity contribution is 5.78. The van der Waals surface area contributed by atoms with Gasteiger partial charge < -0.3 is 19.5 Å². The zero-order chi connectivity index (χ0) is 23.0. The minimum Gasteiger partial charge on any atom is -0.415 e. The number of amides is 1. The molecule has 2 fully saturated rings. The number of piperazine rings is 1. The Hall–Kier alpha value is -3.33. The van der Waals surface area contributed by atoms with E-state index in [4.69, 9.17) is 9.40 Å². The Kier molecular flexibility index (Phi) is 5.57. The van der Waals surface area contributed by atoms with Crippen molar-refractivity contribution in [1.29, 1.82) is 0 Å². The quantitative estimate of drug-likeness (QED) is 0.613. The van der Waals surface area contributed by atoms with Crippen molar-refractivity contribution in [1.82, 2.24) is 30.4 Å². The fourth-order valence-corrected chi connectivity index (χ4v) is 4.53. The van der Waals surface area contributed by atoms with E-state index in [1.165, 1.54) is 5.56 Å². The number of nitrogens with one attached hydrogen (secondary N) is 1. The van der Waals surface area contributed by atoms with Crippen LogP contribution in [0.2, 0.25) is 0 Å². The zero-order valence-corrected chi connectivity index (χ0v) is 19.3. The molecular weight excluding hydrogens is 418 g/mol. The van der Waals surface area contributed by atoms with Crippen LogP contribution in [0.25, 0.3) is 23.0 Å². The molecule has 1 saturated carbocycles. The predicted molar refractivity (Wildman–Crippen MR) is 127 cm³/mol. The standard InChI is InChI=1S/C24H29N7O2.H2/c1-4-20(32)31-12-11-30(15-24(31)9-10-24)19-14-26-16(2)21(27-19)23-29-28-22(33-23)18-7-5-17(6-8-18)13-25-3;/h5-8,14,25H,4,9-13,15H2,1-3H3;1H. The van der Waals surface area contributed by atoms with Crippen LogP contribution in [0, 0.1) is 6.92 Å². The molecule has 0 atom stereocenters. The van der Waals surface area contributed by atoms with Gasteiger partial charge in [0.15, 0.2) is 5.69 Å². The van der Waals surface area contributed by atoms with Gasteiger partial charge in [0.05, 0.1) is 17.4 Å². The van der Waals surface area contributed by atoms with Crippen LogP contribution in [-0.2, 0) is 11.3 Å². The molecule has 0 unspecified atom stereocenters. The minimum atomic E-state index is -0.0464. The van der Waals surface area contributed by atoms with Crippen LogP contribution < -0.4 is 10.2 Å². The average Bonchev–Trinajstić information content (AvgIpc) is 3.41. The third kappa shape index (κ3) is 4.08. The second-order valence-corrected chi connectivity index (χ2v) is 8.85. The van der Waals surface area contributed by atoms with Gasteiger partial charge >= 0.3 is 0 Å². The molecule has 9 nitrogen and oxygen atoms in total. The SMILES string of the molecule is CCC(=O)N1CCN(c2cnc(C)c(-c3nnc(-c4ccc(CNC)cc4)o3)n2)CC12CC2.[HH]. The fraction of sp³-hybridized carbons (Fsp3) is 0.458. The molecule has 0 radical (unpaired) electrons. The maximum Gasteiger partial charge on any atom is 0.268 e. The van der Waals surface area contributed by atoms with E-state index in [2.05, 4.69) is 30.3 Å².